The zero-order valence-corrected chi connectivity index (χ0v) is 9.81. The summed E-state index contributed by atoms with van der Waals surface area (Å²) in [4.78, 5) is 11.0. The largest absolute Gasteiger partial charge is 0.466 e. The van der Waals surface area contributed by atoms with E-state index in [0.29, 0.717) is 19.4 Å². The fourth-order valence-electron chi connectivity index (χ4n) is 0.971. The van der Waals surface area contributed by atoms with Crippen LogP contribution in [0.3, 0.4) is 0 Å². The fraction of sp³-hybridized carbons (Fsp3) is 0.900. The summed E-state index contributed by atoms with van der Waals surface area (Å²) in [6.07, 6.45) is 4.08. The van der Waals surface area contributed by atoms with E-state index >= 15 is 0 Å². The number of hydrogen-bond acceptors (Lipinski definition) is 4. The summed E-state index contributed by atoms with van der Waals surface area (Å²) in [6.45, 7) is 2.44. The minimum atomic E-state index is -0.364. The van der Waals surface area contributed by atoms with Gasteiger partial charge < -0.3 is 9.84 Å². The Bertz CT molecular complexity index is 150. The zero-order chi connectivity index (χ0) is 10.8. The van der Waals surface area contributed by atoms with Crippen LogP contribution >= 0.6 is 11.8 Å². The van der Waals surface area contributed by atoms with Crippen LogP contribution in [0.2, 0.25) is 0 Å². The summed E-state index contributed by atoms with van der Waals surface area (Å²) in [7, 11) is 0. The first kappa shape index (κ1) is 13.8. The second-order valence-corrected chi connectivity index (χ2v) is 4.18. The number of rotatable bonds is 8. The molecule has 0 aliphatic heterocycles. The van der Waals surface area contributed by atoms with Crippen LogP contribution in [0.1, 0.15) is 32.6 Å². The first-order valence-corrected chi connectivity index (χ1v) is 6.42. The van der Waals surface area contributed by atoms with Crippen LogP contribution in [0.15, 0.2) is 0 Å². The molecule has 14 heavy (non-hydrogen) atoms. The number of thioether (sulfide) groups is 1. The first-order valence-electron chi connectivity index (χ1n) is 5.03. The van der Waals surface area contributed by atoms with E-state index in [1.807, 2.05) is 13.2 Å². The predicted octanol–water partition coefficient (Wildman–Crippen LogP) is 1.83. The Labute approximate surface area is 90.2 Å². The van der Waals surface area contributed by atoms with Crippen LogP contribution in [-0.2, 0) is 9.53 Å². The second-order valence-electron chi connectivity index (χ2n) is 3.19. The average molecular weight is 220 g/mol. The molecule has 0 spiro atoms. The van der Waals surface area contributed by atoms with E-state index in [0.717, 1.165) is 18.6 Å². The summed E-state index contributed by atoms with van der Waals surface area (Å²) in [5.74, 6) is 0.737. The molecular formula is C10H20O3S. The number of carbonyl (C=O) groups excluding carboxylic acids is 1. The molecule has 0 heterocycles. The van der Waals surface area contributed by atoms with E-state index in [1.54, 1.807) is 11.8 Å². The lowest BCUT2D eigenvalue weighted by molar-refractivity contribution is -0.144. The molecule has 0 saturated heterocycles. The lowest BCUT2D eigenvalue weighted by Crippen LogP contribution is -2.12. The highest BCUT2D eigenvalue weighted by Gasteiger charge is 2.08. The number of aliphatic hydroxyl groups excluding tert-OH is 1. The van der Waals surface area contributed by atoms with Crippen molar-refractivity contribution in [1.82, 2.24) is 0 Å². The molecule has 0 saturated carbocycles. The van der Waals surface area contributed by atoms with Gasteiger partial charge in [0.05, 0.1) is 12.7 Å². The Morgan fingerprint density at radius 1 is 1.50 bits per heavy atom. The normalized spacial score (nSPS) is 12.5. The van der Waals surface area contributed by atoms with Gasteiger partial charge in [-0.2, -0.15) is 11.8 Å². The van der Waals surface area contributed by atoms with Crippen molar-refractivity contribution in [2.24, 2.45) is 0 Å². The van der Waals surface area contributed by atoms with Gasteiger partial charge in [-0.1, -0.05) is 6.92 Å². The lowest BCUT2D eigenvalue weighted by Gasteiger charge is -2.08. The fourth-order valence-corrected chi connectivity index (χ4v) is 1.48. The predicted molar refractivity (Wildman–Crippen MR) is 59.5 cm³/mol. The Morgan fingerprint density at radius 2 is 2.21 bits per heavy atom. The molecule has 3 nitrogen and oxygen atoms in total. The minimum Gasteiger partial charge on any atom is -0.466 e. The Hall–Kier alpha value is -0.220. The first-order chi connectivity index (χ1) is 6.70. The minimum absolute atomic E-state index is 0.199. The van der Waals surface area contributed by atoms with Gasteiger partial charge in [-0.15, -0.1) is 0 Å². The van der Waals surface area contributed by atoms with Gasteiger partial charge in [0.1, 0.15) is 0 Å². The molecule has 0 amide bonds. The van der Waals surface area contributed by atoms with Crippen molar-refractivity contribution >= 4 is 17.7 Å². The maximum absolute atomic E-state index is 11.0. The van der Waals surface area contributed by atoms with Crippen LogP contribution in [0.4, 0.5) is 0 Å². The molecule has 1 unspecified atom stereocenters. The summed E-state index contributed by atoms with van der Waals surface area (Å²) in [5.41, 5.74) is 0. The zero-order valence-electron chi connectivity index (χ0n) is 8.99. The quantitative estimate of drug-likeness (QED) is 0.634. The van der Waals surface area contributed by atoms with Gasteiger partial charge >= 0.3 is 5.97 Å². The molecule has 4 heteroatoms. The monoisotopic (exact) mass is 220 g/mol. The summed E-state index contributed by atoms with van der Waals surface area (Å²) in [6, 6.07) is 0. The van der Waals surface area contributed by atoms with Gasteiger partial charge in [0.2, 0.25) is 0 Å². The Balaban J connectivity index is 3.36. The molecule has 0 bridgehead atoms. The maximum Gasteiger partial charge on any atom is 0.305 e. The third-order valence-corrected chi connectivity index (χ3v) is 2.45. The summed E-state index contributed by atoms with van der Waals surface area (Å²) in [5, 5.41) is 9.43. The number of esters is 1. The van der Waals surface area contributed by atoms with E-state index in [4.69, 9.17) is 4.74 Å². The average Bonchev–Trinajstić information content (AvgIpc) is 2.20. The van der Waals surface area contributed by atoms with Crippen LogP contribution in [0, 0.1) is 0 Å². The molecule has 0 aliphatic carbocycles. The molecule has 1 N–H and O–H groups in total. The summed E-state index contributed by atoms with van der Waals surface area (Å²) >= 11 is 1.70. The molecule has 0 radical (unpaired) electrons. The molecule has 0 aromatic rings. The van der Waals surface area contributed by atoms with Gasteiger partial charge in [0.15, 0.2) is 0 Å². The molecule has 0 aliphatic rings. The highest BCUT2D eigenvalue weighted by atomic mass is 32.2. The van der Waals surface area contributed by atoms with Crippen molar-refractivity contribution in [3.05, 3.63) is 0 Å². The number of aliphatic hydroxyl groups is 1. The van der Waals surface area contributed by atoms with E-state index < -0.39 is 0 Å². The van der Waals surface area contributed by atoms with Crippen LogP contribution < -0.4 is 0 Å². The lowest BCUT2D eigenvalue weighted by atomic mass is 10.1. The molecule has 84 valence electrons. The second kappa shape index (κ2) is 9.34. The Morgan fingerprint density at radius 3 is 2.79 bits per heavy atom. The molecular weight excluding hydrogens is 200 g/mol. The van der Waals surface area contributed by atoms with E-state index in [2.05, 4.69) is 0 Å². The smallest absolute Gasteiger partial charge is 0.305 e. The van der Waals surface area contributed by atoms with Crippen molar-refractivity contribution < 1.29 is 14.6 Å². The third kappa shape index (κ3) is 8.38. The molecule has 0 aromatic carbocycles. The van der Waals surface area contributed by atoms with Gasteiger partial charge in [0.25, 0.3) is 0 Å². The van der Waals surface area contributed by atoms with E-state index in [9.17, 15) is 9.90 Å². The molecule has 0 fully saturated rings. The van der Waals surface area contributed by atoms with Crippen LogP contribution in [-0.4, -0.2) is 35.8 Å². The van der Waals surface area contributed by atoms with Gasteiger partial charge in [-0.05, 0) is 31.3 Å². The van der Waals surface area contributed by atoms with Crippen molar-refractivity contribution in [1.29, 1.82) is 0 Å². The Kier molecular flexibility index (Phi) is 9.19. The van der Waals surface area contributed by atoms with Gasteiger partial charge in [0, 0.05) is 6.42 Å². The SMILES string of the molecule is CCCOC(=O)CCC(O)CCSC. The molecule has 0 rings (SSSR count). The van der Waals surface area contributed by atoms with Gasteiger partial charge in [-0.3, -0.25) is 4.79 Å². The van der Waals surface area contributed by atoms with Crippen molar-refractivity contribution in [3.63, 3.8) is 0 Å². The number of hydrogen-bond donors (Lipinski definition) is 1. The van der Waals surface area contributed by atoms with E-state index in [-0.39, 0.29) is 12.1 Å². The highest BCUT2D eigenvalue weighted by molar-refractivity contribution is 7.98. The number of carbonyl (C=O) groups is 1. The number of ether oxygens (including phenoxy) is 1. The van der Waals surface area contributed by atoms with Crippen molar-refractivity contribution in [2.75, 3.05) is 18.6 Å². The van der Waals surface area contributed by atoms with Crippen molar-refractivity contribution in [2.45, 2.75) is 38.7 Å². The topological polar surface area (TPSA) is 46.5 Å². The maximum atomic E-state index is 11.0. The standard InChI is InChI=1S/C10H20O3S/c1-3-7-13-10(12)5-4-9(11)6-8-14-2/h9,11H,3-8H2,1-2H3. The molecule has 1 atom stereocenters. The third-order valence-electron chi connectivity index (χ3n) is 1.80. The molecule has 0 aromatic heterocycles. The highest BCUT2D eigenvalue weighted by Crippen LogP contribution is 2.06. The van der Waals surface area contributed by atoms with Crippen LogP contribution in [0.5, 0.6) is 0 Å². The van der Waals surface area contributed by atoms with Crippen LogP contribution in [0.25, 0.3) is 0 Å². The summed E-state index contributed by atoms with van der Waals surface area (Å²) < 4.78 is 4.89. The van der Waals surface area contributed by atoms with E-state index in [1.165, 1.54) is 0 Å². The van der Waals surface area contributed by atoms with Crippen molar-refractivity contribution in [3.8, 4) is 0 Å². The van der Waals surface area contributed by atoms with Gasteiger partial charge in [-0.25, -0.2) is 0 Å².